The molecule has 1 aliphatic rings. The number of ether oxygens (including phenoxy) is 2. The molecule has 0 bridgehead atoms. The lowest BCUT2D eigenvalue weighted by Gasteiger charge is -2.35. The van der Waals surface area contributed by atoms with E-state index in [1.807, 2.05) is 18.2 Å². The van der Waals surface area contributed by atoms with Gasteiger partial charge in [-0.05, 0) is 29.8 Å². The second-order valence-corrected chi connectivity index (χ2v) is 7.39. The summed E-state index contributed by atoms with van der Waals surface area (Å²) in [6.07, 6.45) is 3.30. The number of pyridine rings is 1. The van der Waals surface area contributed by atoms with Crippen molar-refractivity contribution in [3.63, 3.8) is 0 Å². The van der Waals surface area contributed by atoms with Crippen LogP contribution in [0.1, 0.15) is 5.56 Å². The summed E-state index contributed by atoms with van der Waals surface area (Å²) < 4.78 is 11.0. The van der Waals surface area contributed by atoms with E-state index >= 15 is 0 Å². The topological polar surface area (TPSA) is 116 Å². The maximum Gasteiger partial charge on any atom is 0.258 e. The van der Waals surface area contributed by atoms with E-state index in [0.717, 1.165) is 37.3 Å². The highest BCUT2D eigenvalue weighted by atomic mass is 16.5. The number of nitrogens with two attached hydrogens (primary N) is 2. The van der Waals surface area contributed by atoms with Crippen LogP contribution in [0.4, 0.5) is 17.3 Å². The molecule has 9 heteroatoms. The number of hydrogen-bond acceptors (Lipinski definition) is 9. The fraction of sp³-hybridized carbons (Fsp3) is 0.318. The van der Waals surface area contributed by atoms with Crippen LogP contribution >= 0.6 is 0 Å². The van der Waals surface area contributed by atoms with Gasteiger partial charge in [0.25, 0.3) is 5.88 Å². The Morgan fingerprint density at radius 3 is 2.48 bits per heavy atom. The number of benzene rings is 1. The molecule has 3 heterocycles. The molecule has 1 aliphatic heterocycles. The Kier molecular flexibility index (Phi) is 6.44. The van der Waals surface area contributed by atoms with E-state index in [-0.39, 0.29) is 12.4 Å². The molecule has 3 aromatic rings. The molecular formula is C22H27N7O2. The number of nitrogen functional groups attached to an aromatic ring is 2. The second-order valence-electron chi connectivity index (χ2n) is 7.39. The van der Waals surface area contributed by atoms with E-state index in [0.29, 0.717) is 24.1 Å². The first kappa shape index (κ1) is 20.8. The molecule has 1 fully saturated rings. The summed E-state index contributed by atoms with van der Waals surface area (Å²) in [5.74, 6) is 0.983. The minimum atomic E-state index is 0.247. The Hall–Kier alpha value is -3.43. The van der Waals surface area contributed by atoms with Gasteiger partial charge in [0.05, 0.1) is 18.6 Å². The molecule has 2 aromatic heterocycles. The average Bonchev–Trinajstić information content (AvgIpc) is 2.80. The monoisotopic (exact) mass is 421 g/mol. The number of aromatic nitrogens is 3. The van der Waals surface area contributed by atoms with Gasteiger partial charge < -0.3 is 25.8 Å². The molecular weight excluding hydrogens is 394 g/mol. The summed E-state index contributed by atoms with van der Waals surface area (Å²) in [4.78, 5) is 17.5. The molecule has 162 valence electrons. The summed E-state index contributed by atoms with van der Waals surface area (Å²) in [7, 11) is 1.73. The van der Waals surface area contributed by atoms with Crippen LogP contribution in [0.3, 0.4) is 0 Å². The number of methoxy groups -OCH3 is 1. The van der Waals surface area contributed by atoms with Gasteiger partial charge in [-0.1, -0.05) is 12.1 Å². The predicted octanol–water partition coefficient (Wildman–Crippen LogP) is 2.01. The minimum absolute atomic E-state index is 0.247. The van der Waals surface area contributed by atoms with Crippen LogP contribution in [0, 0.1) is 0 Å². The molecule has 9 nitrogen and oxygen atoms in total. The van der Waals surface area contributed by atoms with Crippen LogP contribution in [-0.4, -0.2) is 59.9 Å². The molecule has 0 radical (unpaired) electrons. The molecule has 4 N–H and O–H groups in total. The van der Waals surface area contributed by atoms with Crippen molar-refractivity contribution >= 4 is 17.3 Å². The smallest absolute Gasteiger partial charge is 0.258 e. The summed E-state index contributed by atoms with van der Waals surface area (Å²) in [5.41, 5.74) is 15.4. The highest BCUT2D eigenvalue weighted by Gasteiger charge is 2.17. The van der Waals surface area contributed by atoms with Gasteiger partial charge >= 0.3 is 0 Å². The van der Waals surface area contributed by atoms with Crippen LogP contribution in [0.5, 0.6) is 5.88 Å². The highest BCUT2D eigenvalue weighted by molar-refractivity contribution is 5.64. The Balaban J connectivity index is 1.43. The summed E-state index contributed by atoms with van der Waals surface area (Å²) in [6, 6.07) is 11.9. The van der Waals surface area contributed by atoms with Gasteiger partial charge in [-0.2, -0.15) is 0 Å². The molecule has 0 unspecified atom stereocenters. The molecule has 0 aliphatic carbocycles. The van der Waals surface area contributed by atoms with Gasteiger partial charge in [0.1, 0.15) is 12.4 Å². The van der Waals surface area contributed by atoms with Crippen molar-refractivity contribution < 1.29 is 9.47 Å². The lowest BCUT2D eigenvalue weighted by molar-refractivity contribution is 0.0596. The molecule has 1 aromatic carbocycles. The quantitative estimate of drug-likeness (QED) is 0.591. The Labute approximate surface area is 181 Å². The molecule has 1 saturated heterocycles. The number of piperazine rings is 1. The number of rotatable bonds is 7. The van der Waals surface area contributed by atoms with Gasteiger partial charge in [-0.15, -0.1) is 0 Å². The van der Waals surface area contributed by atoms with E-state index in [2.05, 4.69) is 36.9 Å². The van der Waals surface area contributed by atoms with Crippen LogP contribution in [0.15, 0.2) is 48.8 Å². The third-order valence-corrected chi connectivity index (χ3v) is 5.20. The number of nitrogens with zero attached hydrogens (tertiary/aromatic N) is 5. The van der Waals surface area contributed by atoms with Crippen molar-refractivity contribution in [1.29, 1.82) is 0 Å². The predicted molar refractivity (Wildman–Crippen MR) is 121 cm³/mol. The van der Waals surface area contributed by atoms with Gasteiger partial charge in [0, 0.05) is 50.7 Å². The van der Waals surface area contributed by atoms with Crippen molar-refractivity contribution in [2.75, 3.05) is 56.4 Å². The lowest BCUT2D eigenvalue weighted by atomic mass is 10.1. The normalized spacial score (nSPS) is 14.5. The Morgan fingerprint density at radius 1 is 1.00 bits per heavy atom. The van der Waals surface area contributed by atoms with E-state index in [1.165, 1.54) is 5.69 Å². The number of hydrogen-bond donors (Lipinski definition) is 2. The van der Waals surface area contributed by atoms with E-state index in [9.17, 15) is 0 Å². The van der Waals surface area contributed by atoms with Gasteiger partial charge in [-0.25, -0.2) is 15.0 Å². The summed E-state index contributed by atoms with van der Waals surface area (Å²) in [5, 5.41) is 0. The molecule has 0 spiro atoms. The van der Waals surface area contributed by atoms with Crippen LogP contribution in [-0.2, 0) is 11.3 Å². The average molecular weight is 422 g/mol. The Morgan fingerprint density at radius 2 is 1.77 bits per heavy atom. The largest absolute Gasteiger partial charge is 0.470 e. The van der Waals surface area contributed by atoms with Crippen LogP contribution in [0.2, 0.25) is 0 Å². The van der Waals surface area contributed by atoms with Crippen LogP contribution < -0.4 is 21.1 Å². The second kappa shape index (κ2) is 9.59. The summed E-state index contributed by atoms with van der Waals surface area (Å²) in [6.45, 7) is 4.89. The molecule has 0 atom stereocenters. The van der Waals surface area contributed by atoms with Gasteiger partial charge in [-0.3, -0.25) is 4.90 Å². The summed E-state index contributed by atoms with van der Waals surface area (Å²) >= 11 is 0. The number of anilines is 3. The fourth-order valence-electron chi connectivity index (χ4n) is 3.52. The van der Waals surface area contributed by atoms with Crippen molar-refractivity contribution in [2.45, 2.75) is 6.61 Å². The first-order valence-corrected chi connectivity index (χ1v) is 10.1. The van der Waals surface area contributed by atoms with Gasteiger partial charge in [0.2, 0.25) is 0 Å². The SMILES string of the molecule is COCN1CCN(c2ccc(-c3cnc(N)c(OCc4ccnc(N)c4)n3)cc2)CC1. The zero-order chi connectivity index (χ0) is 21.6. The Bertz CT molecular complexity index is 1000. The third kappa shape index (κ3) is 5.19. The maximum absolute atomic E-state index is 5.96. The van der Waals surface area contributed by atoms with Crippen molar-refractivity contribution in [1.82, 2.24) is 19.9 Å². The molecule has 0 saturated carbocycles. The molecule has 4 rings (SSSR count). The van der Waals surface area contributed by atoms with Crippen molar-refractivity contribution in [3.05, 3.63) is 54.4 Å². The minimum Gasteiger partial charge on any atom is -0.470 e. The molecule has 0 amide bonds. The molecule has 31 heavy (non-hydrogen) atoms. The zero-order valence-corrected chi connectivity index (χ0v) is 17.6. The van der Waals surface area contributed by atoms with Crippen LogP contribution in [0.25, 0.3) is 11.3 Å². The first-order chi connectivity index (χ1) is 15.1. The third-order valence-electron chi connectivity index (χ3n) is 5.20. The standard InChI is InChI=1S/C22H27N7O2/c1-30-15-28-8-10-29(11-9-28)18-4-2-17(3-5-18)19-13-26-21(24)22(27-19)31-14-16-6-7-25-20(23)12-16/h2-7,12-13H,8-11,14-15H2,1H3,(H2,23,25)(H2,24,26). The van der Waals surface area contributed by atoms with E-state index < -0.39 is 0 Å². The zero-order valence-electron chi connectivity index (χ0n) is 17.6. The van der Waals surface area contributed by atoms with E-state index in [4.69, 9.17) is 20.9 Å². The van der Waals surface area contributed by atoms with Crippen molar-refractivity contribution in [3.8, 4) is 17.1 Å². The lowest BCUT2D eigenvalue weighted by Crippen LogP contribution is -2.46. The fourth-order valence-corrected chi connectivity index (χ4v) is 3.52. The van der Waals surface area contributed by atoms with E-state index in [1.54, 1.807) is 25.6 Å². The van der Waals surface area contributed by atoms with Crippen molar-refractivity contribution in [2.24, 2.45) is 0 Å². The van der Waals surface area contributed by atoms with Gasteiger partial charge in [0.15, 0.2) is 5.82 Å². The highest BCUT2D eigenvalue weighted by Crippen LogP contribution is 2.26. The maximum atomic E-state index is 5.96. The first-order valence-electron chi connectivity index (χ1n) is 10.1.